The number of rotatable bonds is 2. The topological polar surface area (TPSA) is 14.8 Å². The summed E-state index contributed by atoms with van der Waals surface area (Å²) < 4.78 is 7.66. The van der Waals surface area contributed by atoms with Crippen LogP contribution in [0, 0.1) is 0 Å². The Labute approximate surface area is 290 Å². The third-order valence-electron chi connectivity index (χ3n) is 11.2. The third-order valence-corrected chi connectivity index (χ3v) is 11.2. The summed E-state index contributed by atoms with van der Waals surface area (Å²) in [6.45, 7) is 6.89. The van der Waals surface area contributed by atoms with E-state index < -0.39 is 0 Å². The van der Waals surface area contributed by atoms with Gasteiger partial charge in [-0.1, -0.05) is 130 Å². The molecular formula is C46H34BN3. The molecule has 236 valence electrons. The van der Waals surface area contributed by atoms with Gasteiger partial charge in [0.1, 0.15) is 0 Å². The standard InChI is InChI=1S/C46H34BN3/c1-46(2,3)29-24-25-32-33-18-13-20-37-44(33)49(42(32)28-29)40-23-12-9-19-36(40)47(37)50-39-22-11-7-16-31(39)34-26-27-41-43(45(34)50)35-17-8-10-21-38(35)48(41)30-14-5-4-6-15-30/h4-28H,1-3H3. The molecule has 0 fully saturated rings. The molecule has 7 aromatic carbocycles. The first-order valence-electron chi connectivity index (χ1n) is 17.7. The zero-order chi connectivity index (χ0) is 33.3. The normalized spacial score (nSPS) is 13.1. The SMILES string of the molecule is CC(C)(C)c1ccc2c3cccc4c3n(c2c1)-c1ccccc1B4n1c2ccccc2c2ccc3c(c4ccccc4n3-c3ccccc3)c21. The highest BCUT2D eigenvalue weighted by atomic mass is 15.0. The Hall–Kier alpha value is -6.00. The fraction of sp³-hybridized carbons (Fsp3) is 0.0870. The van der Waals surface area contributed by atoms with Crippen molar-refractivity contribution in [2.45, 2.75) is 26.2 Å². The average Bonchev–Trinajstić information content (AvgIpc) is 3.78. The Morgan fingerprint density at radius 3 is 1.92 bits per heavy atom. The molecule has 1 aliphatic heterocycles. The fourth-order valence-electron chi connectivity index (χ4n) is 9.06. The first-order valence-corrected chi connectivity index (χ1v) is 17.7. The van der Waals surface area contributed by atoms with Gasteiger partial charge in [-0.3, -0.25) is 0 Å². The van der Waals surface area contributed by atoms with E-state index in [-0.39, 0.29) is 12.3 Å². The average molecular weight is 640 g/mol. The Morgan fingerprint density at radius 2 is 1.08 bits per heavy atom. The molecule has 0 amide bonds. The second-order valence-electron chi connectivity index (χ2n) is 15.0. The van der Waals surface area contributed by atoms with E-state index in [2.05, 4.69) is 186 Å². The quantitative estimate of drug-likeness (QED) is 0.167. The van der Waals surface area contributed by atoms with Crippen LogP contribution in [0.3, 0.4) is 0 Å². The van der Waals surface area contributed by atoms with Crippen molar-refractivity contribution in [3.8, 4) is 11.4 Å². The molecule has 4 heterocycles. The lowest BCUT2D eigenvalue weighted by Gasteiger charge is -2.28. The zero-order valence-electron chi connectivity index (χ0n) is 28.4. The van der Waals surface area contributed by atoms with E-state index in [1.54, 1.807) is 0 Å². The van der Waals surface area contributed by atoms with E-state index in [1.807, 2.05) is 0 Å². The van der Waals surface area contributed by atoms with Crippen LogP contribution in [0.25, 0.3) is 76.8 Å². The third kappa shape index (κ3) is 3.55. The molecule has 11 rings (SSSR count). The number of aromatic nitrogens is 3. The summed E-state index contributed by atoms with van der Waals surface area (Å²) in [4.78, 5) is 0. The summed E-state index contributed by atoms with van der Waals surface area (Å²) in [7, 11) is 0. The van der Waals surface area contributed by atoms with E-state index in [1.165, 1.54) is 93.3 Å². The van der Waals surface area contributed by atoms with E-state index in [0.29, 0.717) is 0 Å². The van der Waals surface area contributed by atoms with Gasteiger partial charge in [-0.15, -0.1) is 0 Å². The van der Waals surface area contributed by atoms with Crippen molar-refractivity contribution in [3.05, 3.63) is 157 Å². The molecule has 0 N–H and O–H groups in total. The van der Waals surface area contributed by atoms with Crippen LogP contribution < -0.4 is 10.9 Å². The van der Waals surface area contributed by atoms with Gasteiger partial charge < -0.3 is 13.6 Å². The molecular weight excluding hydrogens is 605 g/mol. The molecule has 50 heavy (non-hydrogen) atoms. The van der Waals surface area contributed by atoms with Crippen molar-refractivity contribution < 1.29 is 0 Å². The van der Waals surface area contributed by atoms with Gasteiger partial charge in [-0.2, -0.15) is 0 Å². The molecule has 3 nitrogen and oxygen atoms in total. The van der Waals surface area contributed by atoms with Gasteiger partial charge in [0.15, 0.2) is 0 Å². The molecule has 4 heteroatoms. The van der Waals surface area contributed by atoms with Crippen LogP contribution in [0.15, 0.2) is 152 Å². The van der Waals surface area contributed by atoms with Crippen molar-refractivity contribution in [2.24, 2.45) is 0 Å². The van der Waals surface area contributed by atoms with Crippen LogP contribution >= 0.6 is 0 Å². The number of para-hydroxylation sites is 5. The Kier molecular flexibility index (Phi) is 5.47. The summed E-state index contributed by atoms with van der Waals surface area (Å²) >= 11 is 0. The summed E-state index contributed by atoms with van der Waals surface area (Å²) in [6.07, 6.45) is 0. The van der Waals surface area contributed by atoms with Crippen molar-refractivity contribution in [1.29, 1.82) is 0 Å². The maximum absolute atomic E-state index is 2.67. The van der Waals surface area contributed by atoms with Crippen molar-refractivity contribution in [3.63, 3.8) is 0 Å². The first-order chi connectivity index (χ1) is 24.5. The number of benzene rings is 7. The highest BCUT2D eigenvalue weighted by Crippen LogP contribution is 2.42. The van der Waals surface area contributed by atoms with Crippen LogP contribution in [-0.4, -0.2) is 20.5 Å². The molecule has 0 saturated heterocycles. The minimum Gasteiger partial charge on any atom is -0.375 e. The number of hydrogen-bond donors (Lipinski definition) is 0. The van der Waals surface area contributed by atoms with Crippen molar-refractivity contribution >= 4 is 83.2 Å². The Bertz CT molecular complexity index is 3020. The van der Waals surface area contributed by atoms with Gasteiger partial charge in [0.05, 0.1) is 22.1 Å². The summed E-state index contributed by atoms with van der Waals surface area (Å²) in [5.41, 5.74) is 14.1. The largest absolute Gasteiger partial charge is 0.375 e. The summed E-state index contributed by atoms with van der Waals surface area (Å²) in [5.74, 6) is 0. The van der Waals surface area contributed by atoms with Crippen LogP contribution in [0.4, 0.5) is 0 Å². The first kappa shape index (κ1) is 27.9. The van der Waals surface area contributed by atoms with Crippen LogP contribution in [-0.2, 0) is 5.41 Å². The Balaban J connectivity index is 1.33. The lowest BCUT2D eigenvalue weighted by atomic mass is 9.48. The molecule has 0 atom stereocenters. The summed E-state index contributed by atoms with van der Waals surface area (Å²) in [5, 5.41) is 7.75. The van der Waals surface area contributed by atoms with Gasteiger partial charge in [0.2, 0.25) is 0 Å². The highest BCUT2D eigenvalue weighted by molar-refractivity contribution is 6.88. The van der Waals surface area contributed by atoms with E-state index in [9.17, 15) is 0 Å². The molecule has 10 aromatic rings. The molecule has 0 aliphatic carbocycles. The second-order valence-corrected chi connectivity index (χ2v) is 15.0. The highest BCUT2D eigenvalue weighted by Gasteiger charge is 2.37. The zero-order valence-corrected chi connectivity index (χ0v) is 28.4. The van der Waals surface area contributed by atoms with E-state index in [0.717, 1.165) is 0 Å². The fourth-order valence-corrected chi connectivity index (χ4v) is 9.06. The predicted octanol–water partition coefficient (Wildman–Crippen LogP) is 10.3. The molecule has 0 unspecified atom stereocenters. The second kappa shape index (κ2) is 9.80. The van der Waals surface area contributed by atoms with E-state index in [4.69, 9.17) is 0 Å². The van der Waals surface area contributed by atoms with Gasteiger partial charge in [0, 0.05) is 54.7 Å². The monoisotopic (exact) mass is 639 g/mol. The number of nitrogens with zero attached hydrogens (tertiary/aromatic N) is 3. The predicted molar refractivity (Wildman–Crippen MR) is 214 cm³/mol. The smallest absolute Gasteiger partial charge is 0.332 e. The molecule has 0 saturated carbocycles. The molecule has 3 aromatic heterocycles. The molecule has 1 aliphatic rings. The lowest BCUT2D eigenvalue weighted by molar-refractivity contribution is 0.591. The minimum absolute atomic E-state index is 0.0272. The number of hydrogen-bond acceptors (Lipinski definition) is 0. The van der Waals surface area contributed by atoms with Gasteiger partial charge in [0.25, 0.3) is 0 Å². The van der Waals surface area contributed by atoms with Crippen molar-refractivity contribution in [1.82, 2.24) is 13.6 Å². The van der Waals surface area contributed by atoms with Gasteiger partial charge >= 0.3 is 6.85 Å². The minimum atomic E-state index is -0.0272. The van der Waals surface area contributed by atoms with Gasteiger partial charge in [-0.25, -0.2) is 0 Å². The molecule has 0 spiro atoms. The lowest BCUT2D eigenvalue weighted by Crippen LogP contribution is -2.53. The maximum Gasteiger partial charge on any atom is 0.332 e. The van der Waals surface area contributed by atoms with Crippen LogP contribution in [0.2, 0.25) is 0 Å². The summed E-state index contributed by atoms with van der Waals surface area (Å²) in [6, 6.07) is 56.6. The molecule has 0 bridgehead atoms. The molecule has 0 radical (unpaired) electrons. The maximum atomic E-state index is 2.67. The van der Waals surface area contributed by atoms with Crippen molar-refractivity contribution in [2.75, 3.05) is 0 Å². The number of fused-ring (bicyclic) bond motifs is 12. The Morgan fingerprint density at radius 1 is 0.440 bits per heavy atom. The van der Waals surface area contributed by atoms with Crippen LogP contribution in [0.5, 0.6) is 0 Å². The van der Waals surface area contributed by atoms with Crippen LogP contribution in [0.1, 0.15) is 26.3 Å². The van der Waals surface area contributed by atoms with E-state index >= 15 is 0 Å². The van der Waals surface area contributed by atoms with Gasteiger partial charge in [-0.05, 0) is 64.4 Å².